The van der Waals surface area contributed by atoms with Gasteiger partial charge in [0.25, 0.3) is 5.56 Å². The summed E-state index contributed by atoms with van der Waals surface area (Å²) in [6.07, 6.45) is 8.57. The van der Waals surface area contributed by atoms with E-state index in [1.165, 1.54) is 37.0 Å². The molecule has 0 atom stereocenters. The quantitative estimate of drug-likeness (QED) is 0.334. The predicted octanol–water partition coefficient (Wildman–Crippen LogP) is 5.98. The molecule has 1 aromatic heterocycles. The molecule has 3 rings (SSSR count). The van der Waals surface area contributed by atoms with E-state index >= 15 is 0 Å². The lowest BCUT2D eigenvalue weighted by molar-refractivity contribution is 0.659. The van der Waals surface area contributed by atoms with Crippen molar-refractivity contribution in [1.29, 1.82) is 0 Å². The fraction of sp³-hybridized carbons (Fsp3) is 0.381. The van der Waals surface area contributed by atoms with Crippen LogP contribution in [0.5, 0.6) is 0 Å². The molecule has 0 radical (unpaired) electrons. The summed E-state index contributed by atoms with van der Waals surface area (Å²) in [5.74, 6) is 1.16. The predicted molar refractivity (Wildman–Crippen MR) is 116 cm³/mol. The summed E-state index contributed by atoms with van der Waals surface area (Å²) in [5, 5.41) is 0.757. The number of nitrogens with zero attached hydrogens (tertiary/aromatic N) is 2. The molecule has 0 saturated carbocycles. The average Bonchev–Trinajstić information content (AvgIpc) is 2.97. The van der Waals surface area contributed by atoms with Gasteiger partial charge in [-0.25, -0.2) is 8.77 Å². The molecular weight excluding hydrogens is 360 g/mol. The van der Waals surface area contributed by atoms with Crippen molar-refractivity contribution in [1.82, 2.24) is 8.77 Å². The first-order valence-corrected chi connectivity index (χ1v) is 11.4. The molecule has 3 aromatic rings. The highest BCUT2D eigenvalue weighted by Gasteiger charge is 2.13. The largest absolute Gasteiger partial charge is 0.280 e. The zero-order valence-corrected chi connectivity index (χ0v) is 17.1. The summed E-state index contributed by atoms with van der Waals surface area (Å²) >= 11 is 3.44. The minimum atomic E-state index is 0.0336. The van der Waals surface area contributed by atoms with E-state index in [9.17, 15) is 4.79 Å². The van der Waals surface area contributed by atoms with Crippen LogP contribution in [0.15, 0.2) is 58.2 Å². The van der Waals surface area contributed by atoms with Gasteiger partial charge in [-0.15, -0.1) is 11.8 Å². The lowest BCUT2D eigenvalue weighted by Crippen LogP contribution is -2.18. The van der Waals surface area contributed by atoms with E-state index in [1.54, 1.807) is 16.6 Å². The molecule has 0 saturated heterocycles. The molecule has 2 aromatic carbocycles. The van der Waals surface area contributed by atoms with E-state index in [4.69, 9.17) is 0 Å². The number of thioether (sulfide) groups is 1. The highest BCUT2D eigenvalue weighted by molar-refractivity contribution is 7.99. The molecule has 26 heavy (non-hydrogen) atoms. The van der Waals surface area contributed by atoms with Gasteiger partial charge in [-0.1, -0.05) is 44.7 Å². The molecule has 0 spiro atoms. The maximum Gasteiger partial charge on any atom is 0.280 e. The maximum atomic E-state index is 12.8. The van der Waals surface area contributed by atoms with Gasteiger partial charge >= 0.3 is 0 Å². The van der Waals surface area contributed by atoms with Gasteiger partial charge in [-0.3, -0.25) is 4.79 Å². The lowest BCUT2D eigenvalue weighted by Gasteiger charge is -2.10. The second kappa shape index (κ2) is 9.38. The van der Waals surface area contributed by atoms with Crippen LogP contribution in [0.25, 0.3) is 16.6 Å². The van der Waals surface area contributed by atoms with E-state index in [2.05, 4.69) is 19.1 Å². The Hall–Kier alpha value is -1.59. The minimum absolute atomic E-state index is 0.0336. The molecule has 0 aliphatic rings. The number of aromatic nitrogens is 2. The smallest absolute Gasteiger partial charge is 0.267 e. The Balaban J connectivity index is 1.74. The zero-order chi connectivity index (χ0) is 18.4. The summed E-state index contributed by atoms with van der Waals surface area (Å²) in [4.78, 5) is 14.1. The Morgan fingerprint density at radius 3 is 2.38 bits per heavy atom. The van der Waals surface area contributed by atoms with Crippen molar-refractivity contribution in [3.8, 4) is 5.69 Å². The minimum Gasteiger partial charge on any atom is -0.267 e. The van der Waals surface area contributed by atoms with Crippen LogP contribution < -0.4 is 5.56 Å². The molecule has 0 aliphatic carbocycles. The van der Waals surface area contributed by atoms with E-state index in [1.807, 2.05) is 58.5 Å². The maximum absolute atomic E-state index is 12.8. The summed E-state index contributed by atoms with van der Waals surface area (Å²) < 4.78 is 3.72. The molecule has 0 N–H and O–H groups in total. The molecule has 1 heterocycles. The second-order valence-corrected chi connectivity index (χ2v) is 8.23. The number of unbranched alkanes of at least 4 members (excludes halogenated alkanes) is 4. The lowest BCUT2D eigenvalue weighted by atomic mass is 10.2. The Morgan fingerprint density at radius 1 is 0.923 bits per heavy atom. The first kappa shape index (κ1) is 19.2. The van der Waals surface area contributed by atoms with Gasteiger partial charge in [0.2, 0.25) is 0 Å². The first-order chi connectivity index (χ1) is 12.8. The normalized spacial score (nSPS) is 11.3. The molecule has 138 valence electrons. The second-order valence-electron chi connectivity index (χ2n) is 6.35. The van der Waals surface area contributed by atoms with E-state index in [0.29, 0.717) is 0 Å². The fourth-order valence-corrected chi connectivity index (χ4v) is 4.71. The van der Waals surface area contributed by atoms with Crippen molar-refractivity contribution in [2.75, 3.05) is 12.0 Å². The molecule has 3 nitrogen and oxygen atoms in total. The van der Waals surface area contributed by atoms with Crippen LogP contribution >= 0.6 is 23.7 Å². The van der Waals surface area contributed by atoms with Crippen molar-refractivity contribution in [3.05, 3.63) is 58.9 Å². The summed E-state index contributed by atoms with van der Waals surface area (Å²) in [6, 6.07) is 16.1. The molecule has 0 bridgehead atoms. The Kier molecular flexibility index (Phi) is 6.92. The third-order valence-electron chi connectivity index (χ3n) is 4.49. The molecule has 0 amide bonds. The van der Waals surface area contributed by atoms with Gasteiger partial charge in [-0.2, -0.15) is 0 Å². The van der Waals surface area contributed by atoms with Gasteiger partial charge in [0, 0.05) is 11.2 Å². The molecule has 0 fully saturated rings. The SMILES string of the molecule is CCCCCCCSc1ccc(-n2c(=O)c3ccccc3n2SC)cc1. The number of rotatable bonds is 9. The third kappa shape index (κ3) is 4.21. The van der Waals surface area contributed by atoms with Gasteiger partial charge < -0.3 is 0 Å². The van der Waals surface area contributed by atoms with Crippen LogP contribution in [0.3, 0.4) is 0 Å². The summed E-state index contributed by atoms with van der Waals surface area (Å²) in [7, 11) is 0. The molecule has 0 unspecified atom stereocenters. The van der Waals surface area contributed by atoms with Crippen LogP contribution in [0.2, 0.25) is 0 Å². The zero-order valence-electron chi connectivity index (χ0n) is 15.5. The van der Waals surface area contributed by atoms with Gasteiger partial charge in [0.15, 0.2) is 0 Å². The Bertz CT molecular complexity index is 897. The van der Waals surface area contributed by atoms with Crippen LogP contribution in [0.4, 0.5) is 0 Å². The van der Waals surface area contributed by atoms with Crippen LogP contribution in [0, 0.1) is 0 Å². The standard InChI is InChI=1S/C21H26N2OS2/c1-3-4-5-6-9-16-26-18-14-12-17(13-15-18)22-21(24)19-10-7-8-11-20(19)23(22)25-2/h7-8,10-15H,3-6,9,16H2,1-2H3. The molecule has 0 aliphatic heterocycles. The van der Waals surface area contributed by atoms with E-state index < -0.39 is 0 Å². The van der Waals surface area contributed by atoms with Crippen LogP contribution in [-0.4, -0.2) is 20.8 Å². The Labute approximate surface area is 163 Å². The highest BCUT2D eigenvalue weighted by atomic mass is 32.2. The average molecular weight is 387 g/mol. The topological polar surface area (TPSA) is 26.9 Å². The van der Waals surface area contributed by atoms with Crippen molar-refractivity contribution in [3.63, 3.8) is 0 Å². The van der Waals surface area contributed by atoms with Gasteiger partial charge in [-0.05, 0) is 60.5 Å². The first-order valence-electron chi connectivity index (χ1n) is 9.26. The van der Waals surface area contributed by atoms with Crippen molar-refractivity contribution in [2.24, 2.45) is 0 Å². The van der Waals surface area contributed by atoms with Crippen LogP contribution in [0.1, 0.15) is 39.0 Å². The van der Waals surface area contributed by atoms with Crippen LogP contribution in [-0.2, 0) is 0 Å². The third-order valence-corrected chi connectivity index (χ3v) is 6.29. The number of hydrogen-bond acceptors (Lipinski definition) is 3. The highest BCUT2D eigenvalue weighted by Crippen LogP contribution is 2.23. The van der Waals surface area contributed by atoms with E-state index in [0.717, 1.165) is 22.3 Å². The molecule has 5 heteroatoms. The Morgan fingerprint density at radius 2 is 1.65 bits per heavy atom. The number of fused-ring (bicyclic) bond motifs is 1. The van der Waals surface area contributed by atoms with Gasteiger partial charge in [0.1, 0.15) is 0 Å². The fourth-order valence-electron chi connectivity index (χ4n) is 3.11. The number of hydrogen-bond donors (Lipinski definition) is 0. The monoisotopic (exact) mass is 386 g/mol. The number of benzene rings is 2. The molecular formula is C21H26N2OS2. The van der Waals surface area contributed by atoms with Gasteiger partial charge in [0.05, 0.1) is 16.6 Å². The summed E-state index contributed by atoms with van der Waals surface area (Å²) in [6.45, 7) is 2.25. The van der Waals surface area contributed by atoms with Crippen molar-refractivity contribution < 1.29 is 0 Å². The van der Waals surface area contributed by atoms with E-state index in [-0.39, 0.29) is 5.56 Å². The summed E-state index contributed by atoms with van der Waals surface area (Å²) in [5.41, 5.74) is 1.90. The van der Waals surface area contributed by atoms with Crippen molar-refractivity contribution in [2.45, 2.75) is 43.9 Å². The van der Waals surface area contributed by atoms with Crippen molar-refractivity contribution >= 4 is 34.6 Å². The number of para-hydroxylation sites is 1.